The molecule has 1 amide bonds. The fourth-order valence-corrected chi connectivity index (χ4v) is 4.25. The van der Waals surface area contributed by atoms with Crippen LogP contribution in [0.1, 0.15) is 27.2 Å². The van der Waals surface area contributed by atoms with Crippen LogP contribution in [0.4, 0.5) is 0 Å². The van der Waals surface area contributed by atoms with Gasteiger partial charge in [0.1, 0.15) is 5.03 Å². The van der Waals surface area contributed by atoms with E-state index in [0.29, 0.717) is 34.4 Å². The van der Waals surface area contributed by atoms with Crippen molar-refractivity contribution in [1.29, 1.82) is 0 Å². The van der Waals surface area contributed by atoms with Crippen molar-refractivity contribution in [2.45, 2.75) is 24.9 Å². The van der Waals surface area contributed by atoms with Crippen molar-refractivity contribution in [2.75, 3.05) is 25.9 Å². The van der Waals surface area contributed by atoms with Crippen LogP contribution in [-0.2, 0) is 13.0 Å². The maximum Gasteiger partial charge on any atom is 0.255 e. The molecule has 3 aromatic rings. The van der Waals surface area contributed by atoms with Crippen LogP contribution in [0.5, 0.6) is 0 Å². The van der Waals surface area contributed by atoms with E-state index in [-0.39, 0.29) is 5.91 Å². The van der Waals surface area contributed by atoms with E-state index in [1.54, 1.807) is 12.3 Å². The van der Waals surface area contributed by atoms with E-state index >= 15 is 0 Å². The molecule has 0 unspecified atom stereocenters. The lowest BCUT2D eigenvalue weighted by Gasteiger charge is -2.28. The predicted molar refractivity (Wildman–Crippen MR) is 114 cm³/mol. The maximum atomic E-state index is 12.8. The molecule has 1 N–H and O–H groups in total. The number of nitrogens with zero attached hydrogens (tertiary/aromatic N) is 3. The molecular weight excluding hydrogens is 384 g/mol. The summed E-state index contributed by atoms with van der Waals surface area (Å²) in [5.74, 6) is 0.969. The van der Waals surface area contributed by atoms with Gasteiger partial charge in [0.25, 0.3) is 5.91 Å². The van der Waals surface area contributed by atoms with Gasteiger partial charge in [-0.05, 0) is 42.9 Å². The molecule has 3 heterocycles. The summed E-state index contributed by atoms with van der Waals surface area (Å²) in [4.78, 5) is 24.2. The molecule has 4 rings (SSSR count). The summed E-state index contributed by atoms with van der Waals surface area (Å²) < 4.78 is 5.39. The lowest BCUT2D eigenvalue weighted by atomic mass is 10.00. The Kier molecular flexibility index (Phi) is 5.97. The molecule has 0 radical (unpaired) electrons. The van der Waals surface area contributed by atoms with Gasteiger partial charge in [-0.2, -0.15) is 0 Å². The summed E-state index contributed by atoms with van der Waals surface area (Å²) in [7, 11) is 0. The number of aryl methyl sites for hydroxylation is 1. The van der Waals surface area contributed by atoms with Gasteiger partial charge in [-0.15, -0.1) is 11.8 Å². The minimum Gasteiger partial charge on any atom is -0.461 e. The third-order valence-corrected chi connectivity index (χ3v) is 5.82. The summed E-state index contributed by atoms with van der Waals surface area (Å²) in [6.07, 6.45) is 4.56. The average Bonchev–Trinajstić information content (AvgIpc) is 3.28. The first-order valence-corrected chi connectivity index (χ1v) is 10.9. The first-order valence-electron chi connectivity index (χ1n) is 9.69. The molecular formula is C22H24N4O2S. The zero-order valence-corrected chi connectivity index (χ0v) is 17.5. The monoisotopic (exact) mass is 408 g/mol. The molecule has 150 valence electrons. The van der Waals surface area contributed by atoms with Gasteiger partial charge in [0.15, 0.2) is 11.6 Å². The van der Waals surface area contributed by atoms with Crippen molar-refractivity contribution >= 4 is 17.7 Å². The number of carbonyl (C=O) groups is 1. The van der Waals surface area contributed by atoms with E-state index in [0.717, 1.165) is 26.1 Å². The Labute approximate surface area is 174 Å². The zero-order chi connectivity index (χ0) is 20.2. The van der Waals surface area contributed by atoms with E-state index in [1.165, 1.54) is 22.9 Å². The number of hydrogen-bond acceptors (Lipinski definition) is 6. The summed E-state index contributed by atoms with van der Waals surface area (Å²) in [6.45, 7) is 5.20. The van der Waals surface area contributed by atoms with Crippen molar-refractivity contribution < 1.29 is 9.21 Å². The number of aromatic nitrogens is 2. The number of nitrogens with one attached hydrogen (secondary N) is 1. The number of furan rings is 1. The molecule has 6 nitrogen and oxygen atoms in total. The van der Waals surface area contributed by atoms with Gasteiger partial charge in [0, 0.05) is 26.2 Å². The first-order chi connectivity index (χ1) is 14.2. The highest BCUT2D eigenvalue weighted by atomic mass is 32.2. The molecule has 0 aliphatic carbocycles. The second-order valence-corrected chi connectivity index (χ2v) is 7.84. The standard InChI is InChI=1S/C22H24N4O2S/c1-15-19(22(29-2)25-20(24-15)18-8-5-13-28-18)21(27)23-10-12-26-11-9-16-6-3-4-7-17(16)14-26/h3-8,13H,9-12,14H2,1-2H3,(H,23,27). The lowest BCUT2D eigenvalue weighted by molar-refractivity contribution is 0.0942. The number of benzene rings is 1. The van der Waals surface area contributed by atoms with Crippen LogP contribution >= 0.6 is 11.8 Å². The molecule has 0 fully saturated rings. The number of thioether (sulfide) groups is 1. The number of hydrogen-bond donors (Lipinski definition) is 1. The van der Waals surface area contributed by atoms with Crippen LogP contribution in [0, 0.1) is 6.92 Å². The van der Waals surface area contributed by atoms with Crippen molar-refractivity contribution in [3.05, 3.63) is 65.0 Å². The minimum absolute atomic E-state index is 0.129. The van der Waals surface area contributed by atoms with Gasteiger partial charge in [-0.25, -0.2) is 9.97 Å². The van der Waals surface area contributed by atoms with Gasteiger partial charge < -0.3 is 9.73 Å². The molecule has 1 aliphatic rings. The van der Waals surface area contributed by atoms with E-state index in [1.807, 2.05) is 19.2 Å². The number of fused-ring (bicyclic) bond motifs is 1. The molecule has 0 spiro atoms. The van der Waals surface area contributed by atoms with Crippen LogP contribution in [0.15, 0.2) is 52.1 Å². The highest BCUT2D eigenvalue weighted by molar-refractivity contribution is 7.98. The summed E-state index contributed by atoms with van der Waals surface area (Å²) in [6, 6.07) is 12.2. The molecule has 29 heavy (non-hydrogen) atoms. The van der Waals surface area contributed by atoms with Crippen molar-refractivity contribution in [1.82, 2.24) is 20.2 Å². The van der Waals surface area contributed by atoms with Crippen molar-refractivity contribution in [3.8, 4) is 11.6 Å². The van der Waals surface area contributed by atoms with Gasteiger partial charge >= 0.3 is 0 Å². The highest BCUT2D eigenvalue weighted by Crippen LogP contribution is 2.25. The van der Waals surface area contributed by atoms with Crippen LogP contribution in [-0.4, -0.2) is 46.7 Å². The van der Waals surface area contributed by atoms with Crippen LogP contribution in [0.25, 0.3) is 11.6 Å². The summed E-state index contributed by atoms with van der Waals surface area (Å²) >= 11 is 1.44. The van der Waals surface area contributed by atoms with Crippen molar-refractivity contribution in [2.24, 2.45) is 0 Å². The fourth-order valence-electron chi connectivity index (χ4n) is 3.63. The first kappa shape index (κ1) is 19.7. The third-order valence-electron chi connectivity index (χ3n) is 5.14. The van der Waals surface area contributed by atoms with E-state index in [4.69, 9.17) is 4.42 Å². The Balaban J connectivity index is 1.40. The van der Waals surface area contributed by atoms with Crippen molar-refractivity contribution in [3.63, 3.8) is 0 Å². The van der Waals surface area contributed by atoms with E-state index in [2.05, 4.69) is 44.5 Å². The average molecular weight is 409 g/mol. The van der Waals surface area contributed by atoms with Gasteiger partial charge in [0.05, 0.1) is 17.5 Å². The number of carbonyl (C=O) groups excluding carboxylic acids is 1. The van der Waals surface area contributed by atoms with Crippen LogP contribution < -0.4 is 5.32 Å². The molecule has 1 aromatic carbocycles. The number of rotatable bonds is 6. The molecule has 0 saturated carbocycles. The van der Waals surface area contributed by atoms with Gasteiger partial charge in [-0.1, -0.05) is 24.3 Å². The third kappa shape index (κ3) is 4.36. The predicted octanol–water partition coefficient (Wildman–Crippen LogP) is 3.56. The summed E-state index contributed by atoms with van der Waals surface area (Å²) in [5.41, 5.74) is 4.01. The lowest BCUT2D eigenvalue weighted by Crippen LogP contribution is -2.38. The Morgan fingerprint density at radius 1 is 1.21 bits per heavy atom. The van der Waals surface area contributed by atoms with E-state index < -0.39 is 0 Å². The Morgan fingerprint density at radius 2 is 2.03 bits per heavy atom. The quantitative estimate of drug-likeness (QED) is 0.497. The van der Waals surface area contributed by atoms with E-state index in [9.17, 15) is 4.79 Å². The normalized spacial score (nSPS) is 13.9. The minimum atomic E-state index is -0.129. The topological polar surface area (TPSA) is 71.3 Å². The molecule has 1 aliphatic heterocycles. The van der Waals surface area contributed by atoms with Crippen LogP contribution in [0.2, 0.25) is 0 Å². The SMILES string of the molecule is CSc1nc(-c2ccco2)nc(C)c1C(=O)NCCN1CCc2ccccc2C1. The summed E-state index contributed by atoms with van der Waals surface area (Å²) in [5, 5.41) is 3.70. The second kappa shape index (κ2) is 8.80. The smallest absolute Gasteiger partial charge is 0.255 e. The zero-order valence-electron chi connectivity index (χ0n) is 16.6. The number of amides is 1. The second-order valence-electron chi connectivity index (χ2n) is 7.04. The molecule has 7 heteroatoms. The Hall–Kier alpha value is -2.64. The molecule has 0 atom stereocenters. The molecule has 2 aromatic heterocycles. The largest absolute Gasteiger partial charge is 0.461 e. The Morgan fingerprint density at radius 3 is 2.79 bits per heavy atom. The van der Waals surface area contributed by atoms with Gasteiger partial charge in [0.2, 0.25) is 0 Å². The molecule has 0 bridgehead atoms. The van der Waals surface area contributed by atoms with Gasteiger partial charge in [-0.3, -0.25) is 9.69 Å². The fraction of sp³-hybridized carbons (Fsp3) is 0.318. The highest BCUT2D eigenvalue weighted by Gasteiger charge is 2.20. The maximum absolute atomic E-state index is 12.8. The molecule has 0 saturated heterocycles. The van der Waals surface area contributed by atoms with Crippen LogP contribution in [0.3, 0.4) is 0 Å². The Bertz CT molecular complexity index is 1000.